The van der Waals surface area contributed by atoms with E-state index in [1.54, 1.807) is 6.26 Å². The lowest BCUT2D eigenvalue weighted by molar-refractivity contribution is -0.162. The Morgan fingerprint density at radius 3 is 2.58 bits per heavy atom. The zero-order valence-electron chi connectivity index (χ0n) is 19.8. The number of rotatable bonds is 11. The molecule has 17 nitrogen and oxygen atoms in total. The Morgan fingerprint density at radius 1 is 1.21 bits per heavy atom. The predicted molar refractivity (Wildman–Crippen MR) is 129 cm³/mol. The fraction of sp³-hybridized carbons (Fsp3) is 0.579. The van der Waals surface area contributed by atoms with E-state index in [0.29, 0.717) is 5.75 Å². The summed E-state index contributed by atoms with van der Waals surface area (Å²) in [6.07, 6.45) is -2.50. The number of thioether (sulfide) groups is 1. The molecular formula is C19H26N6O11S2. The zero-order chi connectivity index (χ0) is 28.2. The van der Waals surface area contributed by atoms with E-state index >= 15 is 0 Å². The third-order valence-electron chi connectivity index (χ3n) is 5.52. The van der Waals surface area contributed by atoms with Crippen LogP contribution in [0.2, 0.25) is 0 Å². The molecule has 0 spiro atoms. The molecule has 210 valence electrons. The van der Waals surface area contributed by atoms with Crippen LogP contribution >= 0.6 is 11.8 Å². The molecule has 1 fully saturated rings. The standard InChI is InChI=1S/C19H26N6O11S2/c1-37-3-2-8(20)18(29)36-19(30)10(38(31,32)33)4-11(26)34-5-9-13(27)14(28)17(35-9)25-7-24-12-15(21)22-6-23-16(12)25/h6-10,13-14,17,27-28H,2-5,20H2,1H3,(H2,21,22,23)(H,31,32,33)/t8-,9+,10?,13+,14+,17+/m0/s1. The van der Waals surface area contributed by atoms with E-state index in [1.807, 2.05) is 0 Å². The van der Waals surface area contributed by atoms with Crippen molar-refractivity contribution in [2.24, 2.45) is 5.73 Å². The lowest BCUT2D eigenvalue weighted by atomic mass is 10.1. The molecule has 2 aromatic heterocycles. The number of aromatic nitrogens is 4. The molecule has 7 N–H and O–H groups in total. The van der Waals surface area contributed by atoms with Gasteiger partial charge in [-0.05, 0) is 18.4 Å². The molecule has 0 amide bonds. The molecule has 2 aromatic rings. The maximum atomic E-state index is 12.3. The van der Waals surface area contributed by atoms with Crippen LogP contribution in [0, 0.1) is 0 Å². The third-order valence-corrected chi connectivity index (χ3v) is 7.24. The quantitative estimate of drug-likeness (QED) is 0.104. The molecule has 19 heteroatoms. The highest BCUT2D eigenvalue weighted by molar-refractivity contribution is 7.98. The molecule has 1 aliphatic rings. The van der Waals surface area contributed by atoms with Gasteiger partial charge in [0.15, 0.2) is 22.9 Å². The fourth-order valence-electron chi connectivity index (χ4n) is 3.45. The third kappa shape index (κ3) is 6.73. The number of nitrogens with two attached hydrogens (primary N) is 2. The second kappa shape index (κ2) is 12.3. The van der Waals surface area contributed by atoms with E-state index in [1.165, 1.54) is 22.7 Å². The highest BCUT2D eigenvalue weighted by Gasteiger charge is 2.45. The minimum atomic E-state index is -5.19. The van der Waals surface area contributed by atoms with Gasteiger partial charge in [-0.3, -0.25) is 18.7 Å². The summed E-state index contributed by atoms with van der Waals surface area (Å²) < 4.78 is 48.9. The molecule has 1 aliphatic heterocycles. The fourth-order valence-corrected chi connectivity index (χ4v) is 4.58. The number of carbonyl (C=O) groups is 3. The van der Waals surface area contributed by atoms with Gasteiger partial charge in [-0.25, -0.2) is 19.7 Å². The molecule has 3 heterocycles. The molecule has 0 aliphatic carbocycles. The molecule has 0 aromatic carbocycles. The number of hydrogen-bond acceptors (Lipinski definition) is 16. The SMILES string of the molecule is CSCC[C@H](N)C(=O)OC(=O)C(CC(=O)OC[C@H]1O[C@@H](n2cnc3c(N)ncnc32)[C@H](O)[C@@H]1O)S(=O)(=O)O. The number of ether oxygens (including phenoxy) is 3. The van der Waals surface area contributed by atoms with E-state index < -0.39 is 76.9 Å². The van der Waals surface area contributed by atoms with Crippen molar-refractivity contribution >= 4 is 56.8 Å². The molecule has 0 bridgehead atoms. The first-order valence-corrected chi connectivity index (χ1v) is 13.8. The summed E-state index contributed by atoms with van der Waals surface area (Å²) in [5.41, 5.74) is 11.7. The van der Waals surface area contributed by atoms with Gasteiger partial charge in [-0.1, -0.05) is 0 Å². The van der Waals surface area contributed by atoms with Crippen LogP contribution in [0.4, 0.5) is 5.82 Å². The Bertz CT molecular complexity index is 1290. The zero-order valence-corrected chi connectivity index (χ0v) is 21.4. The average molecular weight is 579 g/mol. The summed E-state index contributed by atoms with van der Waals surface area (Å²) in [6, 6.07) is -1.23. The maximum absolute atomic E-state index is 12.3. The first kappa shape index (κ1) is 29.6. The van der Waals surface area contributed by atoms with Gasteiger partial charge in [0.1, 0.15) is 42.8 Å². The van der Waals surface area contributed by atoms with Crippen LogP contribution in [0.15, 0.2) is 12.7 Å². The highest BCUT2D eigenvalue weighted by atomic mass is 32.2. The van der Waals surface area contributed by atoms with E-state index in [9.17, 15) is 37.6 Å². The molecule has 0 radical (unpaired) electrons. The van der Waals surface area contributed by atoms with E-state index in [2.05, 4.69) is 19.7 Å². The van der Waals surface area contributed by atoms with Gasteiger partial charge in [0.25, 0.3) is 10.1 Å². The number of aliphatic hydroxyl groups excluding tert-OH is 2. The first-order chi connectivity index (χ1) is 17.8. The summed E-state index contributed by atoms with van der Waals surface area (Å²) in [5, 5.41) is 18.3. The van der Waals surface area contributed by atoms with Gasteiger partial charge in [-0.15, -0.1) is 0 Å². The van der Waals surface area contributed by atoms with Crippen LogP contribution in [-0.2, 0) is 38.7 Å². The minimum Gasteiger partial charge on any atom is -0.463 e. The number of imidazole rings is 1. The molecular weight excluding hydrogens is 552 g/mol. The van der Waals surface area contributed by atoms with Crippen molar-refractivity contribution in [3.8, 4) is 0 Å². The molecule has 38 heavy (non-hydrogen) atoms. The Balaban J connectivity index is 1.61. The number of carbonyl (C=O) groups excluding carboxylic acids is 3. The minimum absolute atomic E-state index is 0.0721. The Kier molecular flexibility index (Phi) is 9.57. The van der Waals surface area contributed by atoms with Crippen molar-refractivity contribution in [3.63, 3.8) is 0 Å². The monoisotopic (exact) mass is 578 g/mol. The van der Waals surface area contributed by atoms with Crippen LogP contribution in [0.3, 0.4) is 0 Å². The molecule has 1 unspecified atom stereocenters. The van der Waals surface area contributed by atoms with Crippen LogP contribution in [0.25, 0.3) is 11.2 Å². The number of aliphatic hydroxyl groups is 2. The largest absolute Gasteiger partial charge is 0.463 e. The summed E-state index contributed by atoms with van der Waals surface area (Å²) >= 11 is 1.37. The van der Waals surface area contributed by atoms with E-state index in [-0.39, 0.29) is 23.4 Å². The maximum Gasteiger partial charge on any atom is 0.335 e. The number of fused-ring (bicyclic) bond motifs is 1. The van der Waals surface area contributed by atoms with Crippen LogP contribution in [-0.4, -0.2) is 109 Å². The normalized spacial score (nSPS) is 23.2. The lowest BCUT2D eigenvalue weighted by Gasteiger charge is -2.17. The number of hydrogen-bond donors (Lipinski definition) is 5. The second-order valence-corrected chi connectivity index (χ2v) is 10.7. The number of anilines is 1. The Labute approximate surface area is 219 Å². The molecule has 6 atom stereocenters. The van der Waals surface area contributed by atoms with E-state index in [0.717, 1.165) is 6.33 Å². The van der Waals surface area contributed by atoms with Gasteiger partial charge < -0.3 is 35.9 Å². The van der Waals surface area contributed by atoms with Crippen molar-refractivity contribution in [2.45, 2.75) is 48.7 Å². The number of nitrogens with zero attached hydrogens (tertiary/aromatic N) is 4. The Hall–Kier alpha value is -2.94. The summed E-state index contributed by atoms with van der Waals surface area (Å²) in [6.45, 7) is -0.678. The van der Waals surface area contributed by atoms with Crippen molar-refractivity contribution in [1.82, 2.24) is 19.5 Å². The first-order valence-electron chi connectivity index (χ1n) is 10.9. The van der Waals surface area contributed by atoms with E-state index in [4.69, 9.17) is 20.9 Å². The van der Waals surface area contributed by atoms with Crippen LogP contribution < -0.4 is 11.5 Å². The van der Waals surface area contributed by atoms with Crippen molar-refractivity contribution < 1.29 is 51.8 Å². The highest BCUT2D eigenvalue weighted by Crippen LogP contribution is 2.32. The number of esters is 3. The van der Waals surface area contributed by atoms with Gasteiger partial charge in [0.2, 0.25) is 0 Å². The summed E-state index contributed by atoms with van der Waals surface area (Å²) in [4.78, 5) is 48.2. The van der Waals surface area contributed by atoms with Gasteiger partial charge >= 0.3 is 17.9 Å². The van der Waals surface area contributed by atoms with Crippen molar-refractivity contribution in [3.05, 3.63) is 12.7 Å². The molecule has 0 saturated carbocycles. The van der Waals surface area contributed by atoms with Gasteiger partial charge in [-0.2, -0.15) is 20.2 Å². The topological polar surface area (TPSA) is 269 Å². The van der Waals surface area contributed by atoms with Crippen LogP contribution in [0.1, 0.15) is 19.1 Å². The van der Waals surface area contributed by atoms with Crippen molar-refractivity contribution in [2.75, 3.05) is 24.3 Å². The molecule has 1 saturated heterocycles. The van der Waals surface area contributed by atoms with Crippen LogP contribution in [0.5, 0.6) is 0 Å². The predicted octanol–water partition coefficient (Wildman–Crippen LogP) is -2.63. The second-order valence-electron chi connectivity index (χ2n) is 8.15. The van der Waals surface area contributed by atoms with Crippen molar-refractivity contribution in [1.29, 1.82) is 0 Å². The lowest BCUT2D eigenvalue weighted by Crippen LogP contribution is -2.40. The Morgan fingerprint density at radius 2 is 1.92 bits per heavy atom. The summed E-state index contributed by atoms with van der Waals surface area (Å²) in [7, 11) is -5.19. The van der Waals surface area contributed by atoms with Gasteiger partial charge in [0, 0.05) is 0 Å². The average Bonchev–Trinajstić information content (AvgIpc) is 3.40. The smallest absolute Gasteiger partial charge is 0.335 e. The summed E-state index contributed by atoms with van der Waals surface area (Å²) in [5.74, 6) is -3.72. The number of nitrogen functional groups attached to an aromatic ring is 1. The van der Waals surface area contributed by atoms with Gasteiger partial charge in [0.05, 0.1) is 12.7 Å². The molecule has 3 rings (SSSR count).